The van der Waals surface area contributed by atoms with Crippen LogP contribution in [0.1, 0.15) is 34.3 Å². The fourth-order valence-corrected chi connectivity index (χ4v) is 3.95. The first-order valence-corrected chi connectivity index (χ1v) is 11.3. The molecule has 1 aromatic heterocycles. The molecule has 4 aromatic rings. The molecule has 34 heavy (non-hydrogen) atoms. The fourth-order valence-electron chi connectivity index (χ4n) is 3.95. The third-order valence-corrected chi connectivity index (χ3v) is 5.90. The van der Waals surface area contributed by atoms with E-state index in [1.165, 1.54) is 18.9 Å². The van der Waals surface area contributed by atoms with Gasteiger partial charge in [-0.3, -0.25) is 4.79 Å². The number of carbonyl (C=O) groups is 2. The van der Waals surface area contributed by atoms with Crippen molar-refractivity contribution in [1.29, 1.82) is 0 Å². The van der Waals surface area contributed by atoms with Crippen LogP contribution in [0.4, 0.5) is 5.82 Å². The number of anilines is 1. The van der Waals surface area contributed by atoms with E-state index in [1.54, 1.807) is 24.5 Å². The molecular formula is C27H24N4O3. The van der Waals surface area contributed by atoms with Gasteiger partial charge >= 0.3 is 5.97 Å². The van der Waals surface area contributed by atoms with Crippen molar-refractivity contribution in [1.82, 2.24) is 15.3 Å². The summed E-state index contributed by atoms with van der Waals surface area (Å²) in [5.74, 6) is -0.399. The van der Waals surface area contributed by atoms with Crippen LogP contribution in [0.25, 0.3) is 22.0 Å². The van der Waals surface area contributed by atoms with Crippen molar-refractivity contribution in [3.8, 4) is 11.1 Å². The normalized spacial score (nSPS) is 12.9. The lowest BCUT2D eigenvalue weighted by atomic mass is 10.0. The maximum atomic E-state index is 12.5. The fraction of sp³-hybridized carbons (Fsp3) is 0.185. The molecule has 170 valence electrons. The molecule has 0 saturated heterocycles. The maximum absolute atomic E-state index is 12.5. The molecule has 1 amide bonds. The molecule has 1 saturated carbocycles. The summed E-state index contributed by atoms with van der Waals surface area (Å²) in [5, 5.41) is 16.7. The van der Waals surface area contributed by atoms with Crippen LogP contribution in [0.5, 0.6) is 0 Å². The van der Waals surface area contributed by atoms with E-state index < -0.39 is 5.97 Å². The quantitative estimate of drug-likeness (QED) is 0.365. The molecule has 0 radical (unpaired) electrons. The second-order valence-electron chi connectivity index (χ2n) is 8.49. The highest BCUT2D eigenvalue weighted by Gasteiger charge is 2.22. The van der Waals surface area contributed by atoms with Crippen molar-refractivity contribution in [2.24, 2.45) is 0 Å². The number of nitrogens with one attached hydrogen (secondary N) is 2. The predicted molar refractivity (Wildman–Crippen MR) is 131 cm³/mol. The number of amides is 1. The summed E-state index contributed by atoms with van der Waals surface area (Å²) < 4.78 is 0. The van der Waals surface area contributed by atoms with Gasteiger partial charge in [-0.25, -0.2) is 14.8 Å². The first-order valence-electron chi connectivity index (χ1n) is 11.3. The number of carboxylic acids is 1. The van der Waals surface area contributed by atoms with Crippen LogP contribution in [0.2, 0.25) is 0 Å². The molecule has 5 rings (SSSR count). The average molecular weight is 453 g/mol. The number of hydrogen-bond acceptors (Lipinski definition) is 5. The maximum Gasteiger partial charge on any atom is 0.335 e. The SMILES string of the molecule is O=C(Cc1ccccc1C(=O)O)NCc1cccc(-c2ccc3ncnc(NC4CC4)c3c2)c1. The minimum atomic E-state index is -1.03. The Hall–Kier alpha value is -4.26. The Bertz CT molecular complexity index is 1380. The van der Waals surface area contributed by atoms with E-state index in [1.807, 2.05) is 36.4 Å². The number of nitrogens with zero attached hydrogens (tertiary/aromatic N) is 2. The summed E-state index contributed by atoms with van der Waals surface area (Å²) in [6.45, 7) is 0.354. The Morgan fingerprint density at radius 1 is 0.941 bits per heavy atom. The number of carbonyl (C=O) groups excluding carboxylic acids is 1. The smallest absolute Gasteiger partial charge is 0.335 e. The van der Waals surface area contributed by atoms with Crippen molar-refractivity contribution in [2.45, 2.75) is 31.8 Å². The van der Waals surface area contributed by atoms with E-state index >= 15 is 0 Å². The second kappa shape index (κ2) is 9.31. The number of aromatic nitrogens is 2. The van der Waals surface area contributed by atoms with Crippen molar-refractivity contribution in [3.63, 3.8) is 0 Å². The molecule has 3 aromatic carbocycles. The highest BCUT2D eigenvalue weighted by Crippen LogP contribution is 2.30. The molecule has 0 bridgehead atoms. The summed E-state index contributed by atoms with van der Waals surface area (Å²) in [7, 11) is 0. The molecule has 1 aliphatic carbocycles. The van der Waals surface area contributed by atoms with Gasteiger partial charge in [-0.2, -0.15) is 0 Å². The molecule has 0 unspecified atom stereocenters. The van der Waals surface area contributed by atoms with E-state index in [4.69, 9.17) is 0 Å². The monoisotopic (exact) mass is 452 g/mol. The Kier molecular flexibility index (Phi) is 5.91. The van der Waals surface area contributed by atoms with Crippen LogP contribution in [0.3, 0.4) is 0 Å². The van der Waals surface area contributed by atoms with E-state index in [2.05, 4.69) is 26.7 Å². The average Bonchev–Trinajstić information content (AvgIpc) is 3.67. The molecule has 1 heterocycles. The highest BCUT2D eigenvalue weighted by atomic mass is 16.4. The van der Waals surface area contributed by atoms with E-state index in [0.717, 1.165) is 33.4 Å². The van der Waals surface area contributed by atoms with Crippen LogP contribution in [0, 0.1) is 0 Å². The van der Waals surface area contributed by atoms with Gasteiger partial charge in [0.1, 0.15) is 12.1 Å². The van der Waals surface area contributed by atoms with Crippen LogP contribution in [-0.4, -0.2) is 33.0 Å². The first-order chi connectivity index (χ1) is 16.6. The zero-order valence-corrected chi connectivity index (χ0v) is 18.5. The van der Waals surface area contributed by atoms with Crippen LogP contribution < -0.4 is 10.6 Å². The second-order valence-corrected chi connectivity index (χ2v) is 8.49. The third kappa shape index (κ3) is 4.88. The van der Waals surface area contributed by atoms with Gasteiger partial charge in [0.05, 0.1) is 17.5 Å². The number of carboxylic acid groups (broad SMARTS) is 1. The first kappa shape index (κ1) is 21.6. The lowest BCUT2D eigenvalue weighted by Crippen LogP contribution is -2.25. The number of hydrogen-bond donors (Lipinski definition) is 3. The molecule has 0 spiro atoms. The molecule has 7 nitrogen and oxygen atoms in total. The number of fused-ring (bicyclic) bond motifs is 1. The van der Waals surface area contributed by atoms with Gasteiger partial charge in [-0.15, -0.1) is 0 Å². The molecule has 7 heteroatoms. The van der Waals surface area contributed by atoms with Gasteiger partial charge in [0.2, 0.25) is 5.91 Å². The Balaban J connectivity index is 1.31. The number of aromatic carboxylic acids is 1. The third-order valence-electron chi connectivity index (χ3n) is 5.90. The number of rotatable bonds is 8. The molecule has 0 aliphatic heterocycles. The lowest BCUT2D eigenvalue weighted by molar-refractivity contribution is -0.120. The van der Waals surface area contributed by atoms with Crippen LogP contribution in [0.15, 0.2) is 73.1 Å². The summed E-state index contributed by atoms with van der Waals surface area (Å²) in [4.78, 5) is 32.7. The van der Waals surface area contributed by atoms with Crippen LogP contribution in [-0.2, 0) is 17.8 Å². The van der Waals surface area contributed by atoms with Crippen molar-refractivity contribution >= 4 is 28.6 Å². The molecular weight excluding hydrogens is 428 g/mol. The summed E-state index contributed by atoms with van der Waals surface area (Å²) >= 11 is 0. The molecule has 1 fully saturated rings. The van der Waals surface area contributed by atoms with Crippen LogP contribution >= 0.6 is 0 Å². The molecule has 0 atom stereocenters. The lowest BCUT2D eigenvalue weighted by Gasteiger charge is -2.11. The topological polar surface area (TPSA) is 104 Å². The Labute approximate surface area is 196 Å². The van der Waals surface area contributed by atoms with Gasteiger partial charge in [-0.1, -0.05) is 42.5 Å². The van der Waals surface area contributed by atoms with Crippen molar-refractivity contribution < 1.29 is 14.7 Å². The van der Waals surface area contributed by atoms with Crippen molar-refractivity contribution in [2.75, 3.05) is 5.32 Å². The zero-order chi connectivity index (χ0) is 23.5. The Morgan fingerprint density at radius 3 is 2.59 bits per heavy atom. The Morgan fingerprint density at radius 2 is 1.76 bits per heavy atom. The predicted octanol–water partition coefficient (Wildman–Crippen LogP) is 4.43. The van der Waals surface area contributed by atoms with Gasteiger partial charge in [0, 0.05) is 18.0 Å². The summed E-state index contributed by atoms with van der Waals surface area (Å²) in [6.07, 6.45) is 3.94. The molecule has 1 aliphatic rings. The minimum Gasteiger partial charge on any atom is -0.478 e. The van der Waals surface area contributed by atoms with E-state index in [0.29, 0.717) is 18.2 Å². The largest absolute Gasteiger partial charge is 0.478 e. The molecule has 3 N–H and O–H groups in total. The van der Waals surface area contributed by atoms with Gasteiger partial charge in [0.25, 0.3) is 0 Å². The highest BCUT2D eigenvalue weighted by molar-refractivity contribution is 5.93. The van der Waals surface area contributed by atoms with E-state index in [-0.39, 0.29) is 17.9 Å². The standard InChI is InChI=1S/C27H24N4O3/c32-25(14-20-5-1-2-7-22(20)27(33)34)28-15-17-4-3-6-18(12-17)19-8-11-24-23(13-19)26(30-16-29-24)31-21-9-10-21/h1-8,11-13,16,21H,9-10,14-15H2,(H,28,32)(H,33,34)(H,29,30,31). The minimum absolute atomic E-state index is 0.0175. The van der Waals surface area contributed by atoms with E-state index in [9.17, 15) is 14.7 Å². The van der Waals surface area contributed by atoms with Gasteiger partial charge in [0.15, 0.2) is 0 Å². The van der Waals surface area contributed by atoms with Gasteiger partial charge in [-0.05, 0) is 59.4 Å². The van der Waals surface area contributed by atoms with Gasteiger partial charge < -0.3 is 15.7 Å². The summed E-state index contributed by atoms with van der Waals surface area (Å²) in [5.41, 5.74) is 4.58. The zero-order valence-electron chi connectivity index (χ0n) is 18.5. The van der Waals surface area contributed by atoms with Crippen molar-refractivity contribution in [3.05, 3.63) is 89.7 Å². The number of benzene rings is 3. The summed E-state index contributed by atoms with van der Waals surface area (Å²) in [6, 6.07) is 21.2.